The highest BCUT2D eigenvalue weighted by atomic mass is 16.4. The van der Waals surface area contributed by atoms with Crippen LogP contribution < -0.4 is 0 Å². The van der Waals surface area contributed by atoms with Crippen molar-refractivity contribution in [2.45, 2.75) is 0 Å². The van der Waals surface area contributed by atoms with Crippen LogP contribution >= 0.6 is 0 Å². The van der Waals surface area contributed by atoms with Crippen LogP contribution in [0.4, 0.5) is 0 Å². The first-order chi connectivity index (χ1) is 9.23. The van der Waals surface area contributed by atoms with Gasteiger partial charge in [0, 0.05) is 17.8 Å². The van der Waals surface area contributed by atoms with Crippen LogP contribution in [0.15, 0.2) is 18.3 Å². The topological polar surface area (TPSA) is 162 Å². The quantitative estimate of drug-likeness (QED) is 0.545. The summed E-state index contributed by atoms with van der Waals surface area (Å²) in [7, 11) is 0. The summed E-state index contributed by atoms with van der Waals surface area (Å²) in [5, 5.41) is 35.2. The molecule has 0 aliphatic heterocycles. The van der Waals surface area contributed by atoms with Gasteiger partial charge in [-0.25, -0.2) is 24.2 Å². The monoisotopic (exact) mass is 281 g/mol. The van der Waals surface area contributed by atoms with Crippen LogP contribution in [0.3, 0.4) is 0 Å². The second kappa shape index (κ2) is 5.61. The van der Waals surface area contributed by atoms with Crippen molar-refractivity contribution in [2.75, 3.05) is 0 Å². The zero-order valence-corrected chi connectivity index (χ0v) is 9.60. The standard InChI is InChI=1S/C11H7NO8/c13-8(14)2-5(9(15)16)4-1-7(11(19)20)12-3-6(4)10(17)18/h1-3H,(H,13,14)(H,15,16)(H,17,18)(H,19,20)/b5-2+. The summed E-state index contributed by atoms with van der Waals surface area (Å²) in [5.41, 5.74) is -2.65. The number of carboxylic acids is 4. The van der Waals surface area contributed by atoms with Crippen LogP contribution in [-0.2, 0) is 9.59 Å². The van der Waals surface area contributed by atoms with E-state index in [1.807, 2.05) is 0 Å². The van der Waals surface area contributed by atoms with Gasteiger partial charge in [-0.3, -0.25) is 0 Å². The van der Waals surface area contributed by atoms with Gasteiger partial charge in [-0.2, -0.15) is 0 Å². The van der Waals surface area contributed by atoms with E-state index in [-0.39, 0.29) is 6.08 Å². The SMILES string of the molecule is O=C(O)/C=C(/C(=O)O)c1cc(C(=O)O)ncc1C(=O)O. The van der Waals surface area contributed by atoms with Crippen molar-refractivity contribution >= 4 is 29.5 Å². The maximum absolute atomic E-state index is 11.0. The van der Waals surface area contributed by atoms with E-state index in [9.17, 15) is 19.2 Å². The van der Waals surface area contributed by atoms with Gasteiger partial charge in [-0.05, 0) is 6.07 Å². The molecule has 20 heavy (non-hydrogen) atoms. The molecule has 0 saturated heterocycles. The van der Waals surface area contributed by atoms with Gasteiger partial charge in [0.05, 0.1) is 11.1 Å². The maximum atomic E-state index is 11.0. The highest BCUT2D eigenvalue weighted by Gasteiger charge is 2.22. The lowest BCUT2D eigenvalue weighted by Gasteiger charge is -2.07. The molecule has 0 bridgehead atoms. The number of rotatable bonds is 5. The van der Waals surface area contributed by atoms with E-state index in [1.54, 1.807) is 0 Å². The molecule has 0 atom stereocenters. The summed E-state index contributed by atoms with van der Waals surface area (Å²) < 4.78 is 0. The van der Waals surface area contributed by atoms with Gasteiger partial charge in [-0.1, -0.05) is 0 Å². The zero-order valence-electron chi connectivity index (χ0n) is 9.60. The summed E-state index contributed by atoms with van der Waals surface area (Å²) in [5.74, 6) is -6.41. The first kappa shape index (κ1) is 14.8. The molecule has 9 nitrogen and oxygen atoms in total. The summed E-state index contributed by atoms with van der Waals surface area (Å²) in [4.78, 5) is 46.6. The molecule has 1 aromatic heterocycles. The van der Waals surface area contributed by atoms with Crippen LogP contribution in [0.5, 0.6) is 0 Å². The first-order valence-electron chi connectivity index (χ1n) is 4.89. The number of nitrogens with zero attached hydrogens (tertiary/aromatic N) is 1. The number of carboxylic acid groups (broad SMARTS) is 4. The van der Waals surface area contributed by atoms with E-state index in [0.29, 0.717) is 12.3 Å². The smallest absolute Gasteiger partial charge is 0.354 e. The average Bonchev–Trinajstić information content (AvgIpc) is 2.34. The Labute approximate surface area is 110 Å². The van der Waals surface area contributed by atoms with Crippen LogP contribution in [0.2, 0.25) is 0 Å². The van der Waals surface area contributed by atoms with Crippen molar-refractivity contribution < 1.29 is 39.6 Å². The number of hydrogen-bond donors (Lipinski definition) is 4. The van der Waals surface area contributed by atoms with Gasteiger partial charge in [0.25, 0.3) is 0 Å². The zero-order chi connectivity index (χ0) is 15.4. The maximum Gasteiger partial charge on any atom is 0.354 e. The fraction of sp³-hybridized carbons (Fsp3) is 0. The summed E-state index contributed by atoms with van der Waals surface area (Å²) in [6.07, 6.45) is 0.926. The second-order valence-electron chi connectivity index (χ2n) is 3.43. The molecule has 0 spiro atoms. The molecule has 0 saturated carbocycles. The van der Waals surface area contributed by atoms with E-state index >= 15 is 0 Å². The Morgan fingerprint density at radius 2 is 1.55 bits per heavy atom. The normalized spacial score (nSPS) is 10.9. The number of aromatic carboxylic acids is 2. The molecule has 0 unspecified atom stereocenters. The lowest BCUT2D eigenvalue weighted by atomic mass is 10.00. The molecule has 0 aliphatic carbocycles. The molecular formula is C11H7NO8. The number of pyridine rings is 1. The molecule has 0 radical (unpaired) electrons. The number of aliphatic carboxylic acids is 2. The van der Waals surface area contributed by atoms with E-state index in [0.717, 1.165) is 0 Å². The predicted octanol–water partition coefficient (Wildman–Crippen LogP) is 0.0306. The van der Waals surface area contributed by atoms with Crippen molar-refractivity contribution in [1.82, 2.24) is 4.98 Å². The Morgan fingerprint density at radius 1 is 0.950 bits per heavy atom. The largest absolute Gasteiger partial charge is 0.478 e. The summed E-state index contributed by atoms with van der Waals surface area (Å²) in [6, 6.07) is 0.689. The summed E-state index contributed by atoms with van der Waals surface area (Å²) in [6.45, 7) is 0. The Balaban J connectivity index is 3.64. The average molecular weight is 281 g/mol. The second-order valence-corrected chi connectivity index (χ2v) is 3.43. The van der Waals surface area contributed by atoms with Gasteiger partial charge in [-0.15, -0.1) is 0 Å². The number of aromatic nitrogens is 1. The van der Waals surface area contributed by atoms with E-state index in [4.69, 9.17) is 20.4 Å². The minimum atomic E-state index is -1.71. The molecule has 0 aliphatic rings. The van der Waals surface area contributed by atoms with Crippen LogP contribution in [-0.4, -0.2) is 49.3 Å². The van der Waals surface area contributed by atoms with Crippen molar-refractivity contribution in [3.8, 4) is 0 Å². The first-order valence-corrected chi connectivity index (χ1v) is 4.89. The van der Waals surface area contributed by atoms with E-state index < -0.39 is 46.3 Å². The highest BCUT2D eigenvalue weighted by molar-refractivity contribution is 6.21. The molecule has 1 heterocycles. The fourth-order valence-corrected chi connectivity index (χ4v) is 1.34. The van der Waals surface area contributed by atoms with Gasteiger partial charge < -0.3 is 20.4 Å². The Bertz CT molecular complexity index is 646. The third kappa shape index (κ3) is 3.16. The van der Waals surface area contributed by atoms with Crippen molar-refractivity contribution in [2.24, 2.45) is 0 Å². The minimum Gasteiger partial charge on any atom is -0.478 e. The number of carbonyl (C=O) groups is 4. The Hall–Kier alpha value is -3.23. The molecule has 104 valence electrons. The predicted molar refractivity (Wildman–Crippen MR) is 61.4 cm³/mol. The summed E-state index contributed by atoms with van der Waals surface area (Å²) >= 11 is 0. The van der Waals surface area contributed by atoms with Gasteiger partial charge in [0.2, 0.25) is 0 Å². The van der Waals surface area contributed by atoms with Gasteiger partial charge >= 0.3 is 23.9 Å². The lowest BCUT2D eigenvalue weighted by molar-refractivity contribution is -0.133. The Kier molecular flexibility index (Phi) is 4.16. The molecule has 0 fully saturated rings. The van der Waals surface area contributed by atoms with E-state index in [1.165, 1.54) is 0 Å². The lowest BCUT2D eigenvalue weighted by Crippen LogP contribution is -2.12. The molecular weight excluding hydrogens is 274 g/mol. The van der Waals surface area contributed by atoms with Gasteiger partial charge in [0.15, 0.2) is 0 Å². The van der Waals surface area contributed by atoms with Crippen LogP contribution in [0.25, 0.3) is 5.57 Å². The minimum absolute atomic E-state index is 0.274. The van der Waals surface area contributed by atoms with Crippen molar-refractivity contribution in [1.29, 1.82) is 0 Å². The third-order valence-corrected chi connectivity index (χ3v) is 2.14. The fourth-order valence-electron chi connectivity index (χ4n) is 1.34. The molecule has 4 N–H and O–H groups in total. The molecule has 0 aromatic carbocycles. The van der Waals surface area contributed by atoms with Crippen molar-refractivity contribution in [3.63, 3.8) is 0 Å². The molecule has 1 rings (SSSR count). The number of hydrogen-bond acceptors (Lipinski definition) is 5. The third-order valence-electron chi connectivity index (χ3n) is 2.14. The molecule has 9 heteroatoms. The Morgan fingerprint density at radius 3 is 1.95 bits per heavy atom. The van der Waals surface area contributed by atoms with Crippen molar-refractivity contribution in [3.05, 3.63) is 35.2 Å². The van der Waals surface area contributed by atoms with Crippen LogP contribution in [0.1, 0.15) is 26.4 Å². The van der Waals surface area contributed by atoms with Gasteiger partial charge in [0.1, 0.15) is 5.69 Å². The molecule has 0 amide bonds. The molecule has 1 aromatic rings. The van der Waals surface area contributed by atoms with Crippen LogP contribution in [0, 0.1) is 0 Å². The highest BCUT2D eigenvalue weighted by Crippen LogP contribution is 2.20. The van der Waals surface area contributed by atoms with E-state index in [2.05, 4.69) is 4.98 Å².